The molecular formula is C8H8N2. The molecule has 1 aromatic rings. The molecule has 0 aliphatic heterocycles. The number of pyridine rings is 1. The average molecular weight is 132 g/mol. The predicted octanol–water partition coefficient (Wildman–Crippen LogP) is 1.57. The smallest absolute Gasteiger partial charge is 0.101 e. The second-order valence-electron chi connectivity index (χ2n) is 2.20. The minimum atomic E-state index is 0.658. The Balaban J connectivity index is 3.23. The number of aromatic nitrogens is 1. The zero-order valence-electron chi connectivity index (χ0n) is 6.05. The number of nitriles is 1. The molecule has 0 saturated heterocycles. The number of hydrogen-bond donors (Lipinski definition) is 0. The van der Waals surface area contributed by atoms with Crippen LogP contribution in [-0.2, 0) is 0 Å². The molecule has 2 heteroatoms. The Kier molecular flexibility index (Phi) is 1.68. The molecule has 0 radical (unpaired) electrons. The largest absolute Gasteiger partial charge is 0.257 e. The van der Waals surface area contributed by atoms with Crippen LogP contribution in [0.1, 0.15) is 17.0 Å². The lowest BCUT2D eigenvalue weighted by atomic mass is 10.2. The van der Waals surface area contributed by atoms with Gasteiger partial charge in [0, 0.05) is 5.69 Å². The van der Waals surface area contributed by atoms with Gasteiger partial charge < -0.3 is 0 Å². The Morgan fingerprint density at radius 2 is 2.10 bits per heavy atom. The summed E-state index contributed by atoms with van der Waals surface area (Å²) in [7, 11) is 0. The summed E-state index contributed by atoms with van der Waals surface area (Å²) in [6.45, 7) is 3.75. The zero-order chi connectivity index (χ0) is 7.56. The van der Waals surface area contributed by atoms with Crippen LogP contribution in [-0.4, -0.2) is 4.98 Å². The van der Waals surface area contributed by atoms with Crippen molar-refractivity contribution in [1.82, 2.24) is 4.98 Å². The van der Waals surface area contributed by atoms with Crippen molar-refractivity contribution in [3.05, 3.63) is 29.1 Å². The SMILES string of the molecule is Cc1ccc(C#N)c(C)n1. The molecule has 50 valence electrons. The third kappa shape index (κ3) is 1.14. The van der Waals surface area contributed by atoms with Gasteiger partial charge in [-0.3, -0.25) is 4.98 Å². The van der Waals surface area contributed by atoms with Gasteiger partial charge in [-0.25, -0.2) is 0 Å². The Labute approximate surface area is 60.1 Å². The van der Waals surface area contributed by atoms with Crippen molar-refractivity contribution in [1.29, 1.82) is 5.26 Å². The van der Waals surface area contributed by atoms with Crippen molar-refractivity contribution < 1.29 is 0 Å². The minimum absolute atomic E-state index is 0.658. The lowest BCUT2D eigenvalue weighted by Gasteiger charge is -1.95. The fourth-order valence-electron chi connectivity index (χ4n) is 0.805. The quantitative estimate of drug-likeness (QED) is 0.537. The van der Waals surface area contributed by atoms with Crippen molar-refractivity contribution in [2.75, 3.05) is 0 Å². The maximum Gasteiger partial charge on any atom is 0.101 e. The molecule has 2 nitrogen and oxygen atoms in total. The number of rotatable bonds is 0. The van der Waals surface area contributed by atoms with Gasteiger partial charge >= 0.3 is 0 Å². The van der Waals surface area contributed by atoms with E-state index >= 15 is 0 Å². The Hall–Kier alpha value is -1.36. The first-order chi connectivity index (χ1) is 4.74. The molecule has 0 amide bonds. The van der Waals surface area contributed by atoms with Crippen molar-refractivity contribution in [3.63, 3.8) is 0 Å². The predicted molar refractivity (Wildman–Crippen MR) is 38.4 cm³/mol. The highest BCUT2D eigenvalue weighted by molar-refractivity contribution is 5.32. The first-order valence-electron chi connectivity index (χ1n) is 3.08. The van der Waals surface area contributed by atoms with E-state index < -0.39 is 0 Å². The molecule has 0 fully saturated rings. The van der Waals surface area contributed by atoms with Crippen LogP contribution in [0, 0.1) is 25.2 Å². The molecule has 0 saturated carbocycles. The highest BCUT2D eigenvalue weighted by atomic mass is 14.7. The van der Waals surface area contributed by atoms with Gasteiger partial charge in [0.25, 0.3) is 0 Å². The van der Waals surface area contributed by atoms with Gasteiger partial charge in [0.15, 0.2) is 0 Å². The van der Waals surface area contributed by atoms with E-state index in [1.807, 2.05) is 19.9 Å². The van der Waals surface area contributed by atoms with Gasteiger partial charge in [-0.15, -0.1) is 0 Å². The third-order valence-electron chi connectivity index (χ3n) is 1.35. The van der Waals surface area contributed by atoms with Crippen LogP contribution in [0.15, 0.2) is 12.1 Å². The molecule has 0 aliphatic rings. The fourth-order valence-corrected chi connectivity index (χ4v) is 0.805. The summed E-state index contributed by atoms with van der Waals surface area (Å²) in [6, 6.07) is 5.69. The van der Waals surface area contributed by atoms with Crippen LogP contribution >= 0.6 is 0 Å². The Morgan fingerprint density at radius 3 is 2.60 bits per heavy atom. The summed E-state index contributed by atoms with van der Waals surface area (Å²) in [6.07, 6.45) is 0. The molecule has 1 aromatic heterocycles. The first-order valence-corrected chi connectivity index (χ1v) is 3.08. The van der Waals surface area contributed by atoms with Crippen LogP contribution in [0.25, 0.3) is 0 Å². The van der Waals surface area contributed by atoms with Crippen LogP contribution in [0.2, 0.25) is 0 Å². The normalized spacial score (nSPS) is 8.90. The van der Waals surface area contributed by atoms with Gasteiger partial charge in [0.05, 0.1) is 11.3 Å². The fraction of sp³-hybridized carbons (Fsp3) is 0.250. The van der Waals surface area contributed by atoms with Crippen molar-refractivity contribution in [2.45, 2.75) is 13.8 Å². The van der Waals surface area contributed by atoms with E-state index in [1.54, 1.807) is 6.07 Å². The standard InChI is InChI=1S/C8H8N2/c1-6-3-4-8(5-9)7(2)10-6/h3-4H,1-2H3. The molecule has 0 bridgehead atoms. The summed E-state index contributed by atoms with van der Waals surface area (Å²) >= 11 is 0. The van der Waals surface area contributed by atoms with Crippen molar-refractivity contribution in [3.8, 4) is 6.07 Å². The lowest BCUT2D eigenvalue weighted by molar-refractivity contribution is 1.11. The highest BCUT2D eigenvalue weighted by Crippen LogP contribution is 2.03. The second-order valence-corrected chi connectivity index (χ2v) is 2.20. The molecule has 0 spiro atoms. The highest BCUT2D eigenvalue weighted by Gasteiger charge is 1.95. The molecule has 10 heavy (non-hydrogen) atoms. The maximum absolute atomic E-state index is 8.52. The summed E-state index contributed by atoms with van der Waals surface area (Å²) in [5.41, 5.74) is 2.42. The second kappa shape index (κ2) is 2.49. The van der Waals surface area contributed by atoms with Gasteiger partial charge in [0.1, 0.15) is 6.07 Å². The van der Waals surface area contributed by atoms with Crippen molar-refractivity contribution >= 4 is 0 Å². The number of hydrogen-bond acceptors (Lipinski definition) is 2. The first kappa shape index (κ1) is 6.76. The summed E-state index contributed by atoms with van der Waals surface area (Å²) in [5, 5.41) is 8.52. The third-order valence-corrected chi connectivity index (χ3v) is 1.35. The van der Waals surface area contributed by atoms with Crippen LogP contribution in [0.4, 0.5) is 0 Å². The van der Waals surface area contributed by atoms with E-state index in [9.17, 15) is 0 Å². The molecule has 1 rings (SSSR count). The molecule has 0 N–H and O–H groups in total. The Bertz CT molecular complexity index is 284. The molecular weight excluding hydrogens is 124 g/mol. The van der Waals surface area contributed by atoms with E-state index in [-0.39, 0.29) is 0 Å². The van der Waals surface area contributed by atoms with Gasteiger partial charge in [-0.1, -0.05) is 0 Å². The molecule has 0 aromatic carbocycles. The van der Waals surface area contributed by atoms with E-state index in [4.69, 9.17) is 5.26 Å². The molecule has 0 aliphatic carbocycles. The van der Waals surface area contributed by atoms with Crippen LogP contribution in [0.5, 0.6) is 0 Å². The van der Waals surface area contributed by atoms with E-state index in [2.05, 4.69) is 11.1 Å². The van der Waals surface area contributed by atoms with E-state index in [0.717, 1.165) is 11.4 Å². The van der Waals surface area contributed by atoms with E-state index in [0.29, 0.717) is 5.56 Å². The maximum atomic E-state index is 8.52. The molecule has 0 atom stereocenters. The van der Waals surface area contributed by atoms with Gasteiger partial charge in [-0.2, -0.15) is 5.26 Å². The van der Waals surface area contributed by atoms with Gasteiger partial charge in [-0.05, 0) is 26.0 Å². The monoisotopic (exact) mass is 132 g/mol. The van der Waals surface area contributed by atoms with Crippen LogP contribution in [0.3, 0.4) is 0 Å². The number of aryl methyl sites for hydroxylation is 2. The number of nitrogens with zero attached hydrogens (tertiary/aromatic N) is 2. The minimum Gasteiger partial charge on any atom is -0.257 e. The van der Waals surface area contributed by atoms with Crippen LogP contribution < -0.4 is 0 Å². The summed E-state index contributed by atoms with van der Waals surface area (Å²) in [5.74, 6) is 0. The topological polar surface area (TPSA) is 36.7 Å². The van der Waals surface area contributed by atoms with E-state index in [1.165, 1.54) is 0 Å². The van der Waals surface area contributed by atoms with Gasteiger partial charge in [0.2, 0.25) is 0 Å². The molecule has 0 unspecified atom stereocenters. The van der Waals surface area contributed by atoms with Crippen molar-refractivity contribution in [2.24, 2.45) is 0 Å². The zero-order valence-corrected chi connectivity index (χ0v) is 6.05. The average Bonchev–Trinajstić information content (AvgIpc) is 1.88. The summed E-state index contributed by atoms with van der Waals surface area (Å²) < 4.78 is 0. The lowest BCUT2D eigenvalue weighted by Crippen LogP contribution is -1.88. The summed E-state index contributed by atoms with van der Waals surface area (Å²) in [4.78, 5) is 4.12. The molecule has 1 heterocycles. The Morgan fingerprint density at radius 1 is 1.40 bits per heavy atom.